The fourth-order valence-corrected chi connectivity index (χ4v) is 2.54. The maximum Gasteiger partial charge on any atom is 0.219 e. The second-order valence-corrected chi connectivity index (χ2v) is 6.60. The van der Waals surface area contributed by atoms with Crippen molar-refractivity contribution < 1.29 is 9.53 Å². The minimum Gasteiger partial charge on any atom is -0.381 e. The fraction of sp³-hybridized carbons (Fsp3) is 0.882. The standard InChI is InChI=1S/C17H35N5O2/c1-15(2)14-24-13-5-6-19-17(18-4)20-7-8-21-9-11-22(12-10-21)16(3)23/h15H,5-14H2,1-4H3,(H2,18,19,20). The van der Waals surface area contributed by atoms with Gasteiger partial charge in [-0.2, -0.15) is 0 Å². The van der Waals surface area contributed by atoms with E-state index in [1.165, 1.54) is 0 Å². The molecule has 140 valence electrons. The lowest BCUT2D eigenvalue weighted by atomic mass is 10.2. The zero-order chi connectivity index (χ0) is 17.8. The molecule has 7 nitrogen and oxygen atoms in total. The SMILES string of the molecule is CN=C(NCCCOCC(C)C)NCCN1CCN(C(C)=O)CC1. The van der Waals surface area contributed by atoms with Crippen LogP contribution in [0.3, 0.4) is 0 Å². The number of guanidine groups is 1. The minimum absolute atomic E-state index is 0.176. The number of carbonyl (C=O) groups excluding carboxylic acids is 1. The minimum atomic E-state index is 0.176. The van der Waals surface area contributed by atoms with Crippen LogP contribution >= 0.6 is 0 Å². The first-order valence-electron chi connectivity index (χ1n) is 9.03. The summed E-state index contributed by atoms with van der Waals surface area (Å²) in [5, 5.41) is 6.64. The topological polar surface area (TPSA) is 69.2 Å². The second-order valence-electron chi connectivity index (χ2n) is 6.60. The van der Waals surface area contributed by atoms with Crippen LogP contribution in [0.1, 0.15) is 27.2 Å². The van der Waals surface area contributed by atoms with Crippen molar-refractivity contribution in [3.8, 4) is 0 Å². The molecule has 2 N–H and O–H groups in total. The lowest BCUT2D eigenvalue weighted by Crippen LogP contribution is -2.50. The van der Waals surface area contributed by atoms with E-state index in [0.29, 0.717) is 5.92 Å². The second kappa shape index (κ2) is 12.1. The summed E-state index contributed by atoms with van der Waals surface area (Å²) in [7, 11) is 1.79. The van der Waals surface area contributed by atoms with E-state index in [1.807, 2.05) is 4.90 Å². The van der Waals surface area contributed by atoms with Crippen LogP contribution in [0, 0.1) is 5.92 Å². The molecule has 0 atom stereocenters. The number of rotatable bonds is 9. The molecule has 1 aliphatic heterocycles. The molecule has 0 spiro atoms. The third-order valence-electron chi connectivity index (χ3n) is 3.97. The van der Waals surface area contributed by atoms with Crippen LogP contribution in [-0.2, 0) is 9.53 Å². The van der Waals surface area contributed by atoms with Gasteiger partial charge >= 0.3 is 0 Å². The first kappa shape index (κ1) is 20.7. The van der Waals surface area contributed by atoms with Crippen LogP contribution < -0.4 is 10.6 Å². The number of piperazine rings is 1. The molecular weight excluding hydrogens is 306 g/mol. The van der Waals surface area contributed by atoms with E-state index < -0.39 is 0 Å². The number of hydrogen-bond donors (Lipinski definition) is 2. The Morgan fingerprint density at radius 2 is 1.83 bits per heavy atom. The number of carbonyl (C=O) groups is 1. The molecule has 0 aromatic carbocycles. The summed E-state index contributed by atoms with van der Waals surface area (Å²) < 4.78 is 5.56. The van der Waals surface area contributed by atoms with Crippen molar-refractivity contribution >= 4 is 11.9 Å². The van der Waals surface area contributed by atoms with Gasteiger partial charge in [-0.15, -0.1) is 0 Å². The molecule has 1 fully saturated rings. The van der Waals surface area contributed by atoms with Crippen LogP contribution in [0.5, 0.6) is 0 Å². The van der Waals surface area contributed by atoms with Gasteiger partial charge in [0.15, 0.2) is 5.96 Å². The molecule has 0 aromatic heterocycles. The summed E-state index contributed by atoms with van der Waals surface area (Å²) in [6, 6.07) is 0. The van der Waals surface area contributed by atoms with Gasteiger partial charge in [-0.25, -0.2) is 0 Å². The van der Waals surface area contributed by atoms with Gasteiger partial charge in [-0.3, -0.25) is 14.7 Å². The van der Waals surface area contributed by atoms with Gasteiger partial charge in [0.05, 0.1) is 0 Å². The maximum atomic E-state index is 11.3. The third-order valence-corrected chi connectivity index (χ3v) is 3.97. The van der Waals surface area contributed by atoms with Crippen LogP contribution in [0.4, 0.5) is 0 Å². The van der Waals surface area contributed by atoms with Crippen molar-refractivity contribution in [1.82, 2.24) is 20.4 Å². The Hall–Kier alpha value is -1.34. The van der Waals surface area contributed by atoms with Gasteiger partial charge in [0.25, 0.3) is 0 Å². The van der Waals surface area contributed by atoms with Gasteiger partial charge < -0.3 is 20.3 Å². The Labute approximate surface area is 146 Å². The van der Waals surface area contributed by atoms with Crippen LogP contribution in [-0.4, -0.2) is 87.7 Å². The number of aliphatic imine (C=N–C) groups is 1. The van der Waals surface area contributed by atoms with Crippen molar-refractivity contribution in [2.45, 2.75) is 27.2 Å². The van der Waals surface area contributed by atoms with E-state index in [9.17, 15) is 4.79 Å². The van der Waals surface area contributed by atoms with E-state index >= 15 is 0 Å². The van der Waals surface area contributed by atoms with E-state index in [-0.39, 0.29) is 5.91 Å². The van der Waals surface area contributed by atoms with Gasteiger partial charge in [0, 0.05) is 73.0 Å². The number of nitrogens with zero attached hydrogens (tertiary/aromatic N) is 3. The molecule has 0 aromatic rings. The van der Waals surface area contributed by atoms with Crippen LogP contribution in [0.15, 0.2) is 4.99 Å². The molecule has 0 unspecified atom stereocenters. The van der Waals surface area contributed by atoms with Crippen molar-refractivity contribution in [2.75, 3.05) is 66.1 Å². The summed E-state index contributed by atoms with van der Waals surface area (Å²) in [6.45, 7) is 13.8. The molecule has 1 rings (SSSR count). The van der Waals surface area contributed by atoms with Gasteiger partial charge in [0.1, 0.15) is 0 Å². The molecule has 1 saturated heterocycles. The van der Waals surface area contributed by atoms with Crippen molar-refractivity contribution in [2.24, 2.45) is 10.9 Å². The Balaban J connectivity index is 2.05. The monoisotopic (exact) mass is 341 g/mol. The first-order chi connectivity index (χ1) is 11.5. The quantitative estimate of drug-likeness (QED) is 0.360. The van der Waals surface area contributed by atoms with Gasteiger partial charge in [-0.05, 0) is 12.3 Å². The summed E-state index contributed by atoms with van der Waals surface area (Å²) in [5.41, 5.74) is 0. The summed E-state index contributed by atoms with van der Waals surface area (Å²) in [6.07, 6.45) is 0.973. The molecule has 7 heteroatoms. The zero-order valence-corrected chi connectivity index (χ0v) is 15.8. The van der Waals surface area contributed by atoms with E-state index in [1.54, 1.807) is 14.0 Å². The highest BCUT2D eigenvalue weighted by Gasteiger charge is 2.17. The predicted octanol–water partition coefficient (Wildman–Crippen LogP) is 0.378. The Morgan fingerprint density at radius 3 is 2.42 bits per heavy atom. The Kier molecular flexibility index (Phi) is 10.4. The highest BCUT2D eigenvalue weighted by molar-refractivity contribution is 5.79. The summed E-state index contributed by atoms with van der Waals surface area (Å²) >= 11 is 0. The van der Waals surface area contributed by atoms with Crippen molar-refractivity contribution in [1.29, 1.82) is 0 Å². The predicted molar refractivity (Wildman–Crippen MR) is 98.3 cm³/mol. The first-order valence-corrected chi connectivity index (χ1v) is 9.03. The smallest absolute Gasteiger partial charge is 0.219 e. The van der Waals surface area contributed by atoms with Crippen molar-refractivity contribution in [3.05, 3.63) is 0 Å². The van der Waals surface area contributed by atoms with Gasteiger partial charge in [-0.1, -0.05) is 13.8 Å². The number of ether oxygens (including phenoxy) is 1. The Bertz CT molecular complexity index is 379. The normalized spacial score (nSPS) is 16.5. The highest BCUT2D eigenvalue weighted by Crippen LogP contribution is 2.00. The van der Waals surface area contributed by atoms with Crippen LogP contribution in [0.2, 0.25) is 0 Å². The van der Waals surface area contributed by atoms with E-state index in [4.69, 9.17) is 4.74 Å². The number of hydrogen-bond acceptors (Lipinski definition) is 4. The Morgan fingerprint density at radius 1 is 1.17 bits per heavy atom. The van der Waals surface area contributed by atoms with Gasteiger partial charge in [0.2, 0.25) is 5.91 Å². The molecule has 24 heavy (non-hydrogen) atoms. The van der Waals surface area contributed by atoms with E-state index in [2.05, 4.69) is 34.4 Å². The third kappa shape index (κ3) is 9.08. The fourth-order valence-electron chi connectivity index (χ4n) is 2.54. The number of nitrogens with one attached hydrogen (secondary N) is 2. The average molecular weight is 342 g/mol. The number of amides is 1. The van der Waals surface area contributed by atoms with Crippen molar-refractivity contribution in [3.63, 3.8) is 0 Å². The molecule has 0 radical (unpaired) electrons. The average Bonchev–Trinajstić information content (AvgIpc) is 2.56. The molecule has 0 aliphatic carbocycles. The van der Waals surface area contributed by atoms with Crippen LogP contribution in [0.25, 0.3) is 0 Å². The lowest BCUT2D eigenvalue weighted by molar-refractivity contribution is -0.130. The summed E-state index contributed by atoms with van der Waals surface area (Å²) in [4.78, 5) is 19.8. The molecule has 1 aliphatic rings. The maximum absolute atomic E-state index is 11.3. The molecule has 0 saturated carbocycles. The van der Waals surface area contributed by atoms with E-state index in [0.717, 1.165) is 71.4 Å². The molecule has 0 bridgehead atoms. The largest absolute Gasteiger partial charge is 0.381 e. The molecular formula is C17H35N5O2. The zero-order valence-electron chi connectivity index (χ0n) is 15.8. The molecule has 1 amide bonds. The molecule has 1 heterocycles. The summed E-state index contributed by atoms with van der Waals surface area (Å²) in [5.74, 6) is 1.60. The lowest BCUT2D eigenvalue weighted by Gasteiger charge is -2.34. The highest BCUT2D eigenvalue weighted by atomic mass is 16.5.